The number of fused-ring (bicyclic) bond motifs is 3. The lowest BCUT2D eigenvalue weighted by Gasteiger charge is -2.34. The molecule has 0 saturated heterocycles. The molecule has 0 saturated carbocycles. The molecule has 228 valence electrons. The Morgan fingerprint density at radius 3 is 1.87 bits per heavy atom. The molecule has 0 bridgehead atoms. The molecule has 1 aromatic heterocycles. The number of benzene rings is 6. The van der Waals surface area contributed by atoms with Gasteiger partial charge in [-0.2, -0.15) is 0 Å². The Balaban J connectivity index is 1.39. The number of rotatable bonds is 8. The molecular weight excluding hydrogens is 622 g/mol. The first kappa shape index (κ1) is 34.8. The van der Waals surface area contributed by atoms with E-state index in [1.807, 2.05) is 120 Å². The lowest BCUT2D eigenvalue weighted by Crippen LogP contribution is -2.47. The number of terminal acetylenes is 1. The smallest absolute Gasteiger partial charge is 0.136 e. The Kier molecular flexibility index (Phi) is 9.76. The molecular formula is C43H24B7NO. The minimum atomic E-state index is 0.0271. The quantitative estimate of drug-likeness (QED) is 0.132. The first-order chi connectivity index (χ1) is 25.2. The van der Waals surface area contributed by atoms with E-state index in [9.17, 15) is 0 Å². The third-order valence-corrected chi connectivity index (χ3v) is 9.29. The summed E-state index contributed by atoms with van der Waals surface area (Å²) in [5.74, 6) is 2.51. The van der Waals surface area contributed by atoms with Gasteiger partial charge in [-0.1, -0.05) is 136 Å². The van der Waals surface area contributed by atoms with Gasteiger partial charge in [0, 0.05) is 28.7 Å². The van der Waals surface area contributed by atoms with Gasteiger partial charge in [0.25, 0.3) is 0 Å². The molecule has 9 heteroatoms. The Bertz CT molecular complexity index is 2540. The van der Waals surface area contributed by atoms with Crippen LogP contribution >= 0.6 is 0 Å². The largest absolute Gasteiger partial charge is 0.456 e. The maximum Gasteiger partial charge on any atom is 0.136 e. The minimum Gasteiger partial charge on any atom is -0.456 e. The van der Waals surface area contributed by atoms with E-state index in [1.54, 1.807) is 0 Å². The van der Waals surface area contributed by atoms with Crippen molar-refractivity contribution in [3.8, 4) is 34.6 Å². The number of furan rings is 1. The normalized spacial score (nSPS) is 12.3. The highest BCUT2D eigenvalue weighted by molar-refractivity contribution is 6.62. The number of hydrogen-bond donors (Lipinski definition) is 0. The molecule has 0 unspecified atom stereocenters. The molecule has 7 rings (SSSR count). The van der Waals surface area contributed by atoms with E-state index in [4.69, 9.17) is 65.8 Å². The van der Waals surface area contributed by atoms with Crippen LogP contribution < -0.4 is 26.8 Å². The zero-order valence-electron chi connectivity index (χ0n) is 28.3. The molecule has 0 spiro atoms. The van der Waals surface area contributed by atoms with E-state index >= 15 is 0 Å². The highest BCUT2D eigenvalue weighted by Gasteiger charge is 2.22. The third-order valence-electron chi connectivity index (χ3n) is 9.29. The molecule has 2 nitrogen and oxygen atoms in total. The fraction of sp³-hybridized carbons (Fsp3) is 0.0233. The molecule has 1 heterocycles. The van der Waals surface area contributed by atoms with Gasteiger partial charge >= 0.3 is 0 Å². The van der Waals surface area contributed by atoms with Gasteiger partial charge in [-0.25, -0.2) is 0 Å². The van der Waals surface area contributed by atoms with Crippen LogP contribution in [0.4, 0.5) is 11.4 Å². The fourth-order valence-corrected chi connectivity index (χ4v) is 6.71. The second-order valence-corrected chi connectivity index (χ2v) is 12.4. The van der Waals surface area contributed by atoms with Crippen molar-refractivity contribution in [3.05, 3.63) is 149 Å². The van der Waals surface area contributed by atoms with Crippen molar-refractivity contribution in [2.24, 2.45) is 0 Å². The van der Waals surface area contributed by atoms with E-state index in [1.165, 1.54) is 0 Å². The van der Waals surface area contributed by atoms with Gasteiger partial charge in [-0.15, -0.1) is 11.9 Å². The standard InChI is InChI=1S/C43H24B7NO/c1-2-31(44)35(26-12-5-3-6-13-26)38(46)32(45)24-51(43-41(49)39(47)36(40(48)42(43)50)27-14-7-4-8-15-27)28-22-20-25(21-23-28)29-17-11-19-34-37(29)30-16-9-10-18-33(30)52-34/h1,3-23H,24H2/b35-31+,38-32-. The van der Waals surface area contributed by atoms with Gasteiger partial charge in [0.2, 0.25) is 0 Å². The number of nitrogens with zero attached hydrogens (tertiary/aromatic N) is 1. The van der Waals surface area contributed by atoms with Crippen LogP contribution in [0, 0.1) is 12.3 Å². The molecule has 6 aromatic carbocycles. The maximum atomic E-state index is 6.87. The molecule has 0 fully saturated rings. The van der Waals surface area contributed by atoms with Crippen molar-refractivity contribution in [1.29, 1.82) is 0 Å². The molecule has 14 radical (unpaired) electrons. The van der Waals surface area contributed by atoms with Crippen molar-refractivity contribution >= 4 is 116 Å². The van der Waals surface area contributed by atoms with Crippen LogP contribution in [0.2, 0.25) is 0 Å². The van der Waals surface area contributed by atoms with Crippen LogP contribution in [0.1, 0.15) is 5.56 Å². The molecule has 7 aromatic rings. The maximum absolute atomic E-state index is 6.87. The Morgan fingerprint density at radius 1 is 0.615 bits per heavy atom. The van der Waals surface area contributed by atoms with Crippen LogP contribution in [0.3, 0.4) is 0 Å². The molecule has 52 heavy (non-hydrogen) atoms. The molecule has 0 aliphatic heterocycles. The van der Waals surface area contributed by atoms with Crippen molar-refractivity contribution in [1.82, 2.24) is 0 Å². The van der Waals surface area contributed by atoms with Crippen LogP contribution in [-0.4, -0.2) is 61.5 Å². The monoisotopic (exact) mass is 647 g/mol. The first-order valence-corrected chi connectivity index (χ1v) is 16.5. The highest BCUT2D eigenvalue weighted by Crippen LogP contribution is 2.38. The SMILES string of the molecule is [B]/C(CN(c1ccc(-c2cccc3oc4ccccc4c23)cc1)c1c([B])c([B])c(-c2ccccc2)c([B])c1[B])=C([B])/C(=C(/[B])C#C)c1ccccc1. The van der Waals surface area contributed by atoms with Crippen LogP contribution in [0.15, 0.2) is 148 Å². The summed E-state index contributed by atoms with van der Waals surface area (Å²) in [5, 5.41) is 2.06. The molecule has 0 atom stereocenters. The van der Waals surface area contributed by atoms with Gasteiger partial charge in [0.15, 0.2) is 0 Å². The second-order valence-electron chi connectivity index (χ2n) is 12.4. The summed E-state index contributed by atoms with van der Waals surface area (Å²) in [7, 11) is 47.2. The topological polar surface area (TPSA) is 16.4 Å². The first-order valence-electron chi connectivity index (χ1n) is 16.5. The fourth-order valence-electron chi connectivity index (χ4n) is 6.71. The minimum absolute atomic E-state index is 0.0271. The summed E-state index contributed by atoms with van der Waals surface area (Å²) in [4.78, 5) is 1.85. The number of allylic oxidation sites excluding steroid dienone is 3. The van der Waals surface area contributed by atoms with Crippen molar-refractivity contribution in [2.45, 2.75) is 0 Å². The van der Waals surface area contributed by atoms with E-state index in [0.29, 0.717) is 22.5 Å². The Morgan fingerprint density at radius 2 is 1.21 bits per heavy atom. The highest BCUT2D eigenvalue weighted by atomic mass is 16.3. The van der Waals surface area contributed by atoms with Gasteiger partial charge in [-0.3, -0.25) is 0 Å². The average molecular weight is 646 g/mol. The van der Waals surface area contributed by atoms with Gasteiger partial charge in [0.05, 0.1) is 0 Å². The van der Waals surface area contributed by atoms with Gasteiger partial charge in [-0.05, 0) is 63.1 Å². The second kappa shape index (κ2) is 14.6. The zero-order chi connectivity index (χ0) is 36.5. The summed E-state index contributed by atoms with van der Waals surface area (Å²) in [6, 6.07) is 40.8. The summed E-state index contributed by atoms with van der Waals surface area (Å²) < 4.78 is 6.15. The van der Waals surface area contributed by atoms with Crippen LogP contribution in [-0.2, 0) is 0 Å². The zero-order valence-corrected chi connectivity index (χ0v) is 28.3. The molecule has 0 N–H and O–H groups in total. The van der Waals surface area contributed by atoms with E-state index in [2.05, 4.69) is 18.1 Å². The van der Waals surface area contributed by atoms with Gasteiger partial charge in [0.1, 0.15) is 66.1 Å². The number of hydrogen-bond acceptors (Lipinski definition) is 2. The Labute approximate surface area is 314 Å². The van der Waals surface area contributed by atoms with E-state index in [-0.39, 0.29) is 44.8 Å². The number of anilines is 2. The van der Waals surface area contributed by atoms with Gasteiger partial charge < -0.3 is 9.32 Å². The lowest BCUT2D eigenvalue weighted by molar-refractivity contribution is 0.669. The van der Waals surface area contributed by atoms with E-state index < -0.39 is 0 Å². The Hall–Kier alpha value is -5.59. The van der Waals surface area contributed by atoms with Crippen molar-refractivity contribution < 1.29 is 4.42 Å². The summed E-state index contributed by atoms with van der Waals surface area (Å²) in [6.07, 6.45) is 5.76. The predicted octanol–water partition coefficient (Wildman–Crippen LogP) is 4.99. The van der Waals surface area contributed by atoms with Crippen LogP contribution in [0.25, 0.3) is 49.8 Å². The number of para-hydroxylation sites is 1. The summed E-state index contributed by atoms with van der Waals surface area (Å²) in [5.41, 5.74) is 8.84. The predicted molar refractivity (Wildman–Crippen MR) is 226 cm³/mol. The molecule has 0 aliphatic rings. The molecule has 0 amide bonds. The third kappa shape index (κ3) is 6.28. The van der Waals surface area contributed by atoms with Crippen LogP contribution in [0.5, 0.6) is 0 Å². The summed E-state index contributed by atoms with van der Waals surface area (Å²) >= 11 is 0. The van der Waals surface area contributed by atoms with E-state index in [0.717, 1.165) is 44.2 Å². The van der Waals surface area contributed by atoms with Crippen molar-refractivity contribution in [2.75, 3.05) is 11.4 Å². The average Bonchev–Trinajstić information content (AvgIpc) is 3.57. The van der Waals surface area contributed by atoms with Crippen molar-refractivity contribution in [3.63, 3.8) is 0 Å². The lowest BCUT2D eigenvalue weighted by atomic mass is 9.64. The summed E-state index contributed by atoms with van der Waals surface area (Å²) in [6.45, 7) is 0.0271. The molecule has 0 aliphatic carbocycles.